The van der Waals surface area contributed by atoms with Crippen LogP contribution in [0.2, 0.25) is 0 Å². The first-order chi connectivity index (χ1) is 4.22. The number of benzene rings is 1. The number of nitrogens with two attached hydrogens (primary N) is 1. The lowest BCUT2D eigenvalue weighted by molar-refractivity contribution is 0.455. The first-order valence-electron chi connectivity index (χ1n) is 2.48. The molecule has 0 unspecified atom stereocenters. The van der Waals surface area contributed by atoms with Crippen molar-refractivity contribution in [3.8, 4) is 11.5 Å². The standard InChI is InChI=1S/C6H7NO2.2ClH/c7-6-4(8)2-1-3-5(6)9;;/h1-3,8-9H,7H2;2*1H. The molecule has 0 saturated heterocycles. The summed E-state index contributed by atoms with van der Waals surface area (Å²) in [5.41, 5.74) is 5.21. The summed E-state index contributed by atoms with van der Waals surface area (Å²) in [7, 11) is 0. The lowest BCUT2D eigenvalue weighted by Gasteiger charge is -1.98. The molecule has 0 aromatic heterocycles. The van der Waals surface area contributed by atoms with Crippen LogP contribution in [0.1, 0.15) is 0 Å². The topological polar surface area (TPSA) is 66.5 Å². The Kier molecular flexibility index (Phi) is 5.76. The van der Waals surface area contributed by atoms with Gasteiger partial charge in [-0.2, -0.15) is 0 Å². The van der Waals surface area contributed by atoms with Gasteiger partial charge in [-0.05, 0) is 12.1 Å². The van der Waals surface area contributed by atoms with Gasteiger partial charge in [0.15, 0.2) is 0 Å². The van der Waals surface area contributed by atoms with E-state index in [2.05, 4.69) is 0 Å². The Hall–Kier alpha value is -0.800. The minimum atomic E-state index is -0.0880. The van der Waals surface area contributed by atoms with Gasteiger partial charge in [0.2, 0.25) is 0 Å². The van der Waals surface area contributed by atoms with Crippen molar-refractivity contribution in [2.24, 2.45) is 0 Å². The number of hydrogen-bond acceptors (Lipinski definition) is 3. The van der Waals surface area contributed by atoms with Crippen molar-refractivity contribution in [3.05, 3.63) is 18.2 Å². The van der Waals surface area contributed by atoms with Gasteiger partial charge in [-0.3, -0.25) is 0 Å². The van der Waals surface area contributed by atoms with Crippen LogP contribution in [-0.2, 0) is 0 Å². The largest absolute Gasteiger partial charge is 0.506 e. The molecule has 1 rings (SSSR count). The van der Waals surface area contributed by atoms with Crippen LogP contribution in [0.15, 0.2) is 18.2 Å². The van der Waals surface area contributed by atoms with Gasteiger partial charge in [0, 0.05) is 0 Å². The number of rotatable bonds is 0. The second-order valence-corrected chi connectivity index (χ2v) is 1.71. The number of phenolic OH excluding ortho intramolecular Hbond substituents is 2. The molecule has 0 aliphatic heterocycles. The van der Waals surface area contributed by atoms with E-state index < -0.39 is 0 Å². The molecule has 0 spiro atoms. The third-order valence-electron chi connectivity index (χ3n) is 1.06. The van der Waals surface area contributed by atoms with Gasteiger partial charge in [0.25, 0.3) is 0 Å². The molecular weight excluding hydrogens is 189 g/mol. The maximum Gasteiger partial charge on any atom is 0.142 e. The SMILES string of the molecule is Cl.Cl.Nc1c(O)cccc1O. The van der Waals surface area contributed by atoms with Crippen molar-refractivity contribution in [2.45, 2.75) is 0 Å². The average Bonchev–Trinajstić information content (AvgIpc) is 1.83. The van der Waals surface area contributed by atoms with Crippen molar-refractivity contribution in [1.82, 2.24) is 0 Å². The summed E-state index contributed by atoms with van der Waals surface area (Å²) >= 11 is 0. The number of aromatic hydroxyl groups is 2. The number of halogens is 2. The van der Waals surface area contributed by atoms with Gasteiger partial charge in [-0.25, -0.2) is 0 Å². The minimum Gasteiger partial charge on any atom is -0.506 e. The number of para-hydroxylation sites is 1. The summed E-state index contributed by atoms with van der Waals surface area (Å²) in [4.78, 5) is 0. The van der Waals surface area contributed by atoms with Crippen molar-refractivity contribution >= 4 is 30.5 Å². The Morgan fingerprint density at radius 1 is 1.00 bits per heavy atom. The Balaban J connectivity index is 0. The zero-order valence-electron chi connectivity index (χ0n) is 5.52. The molecule has 0 heterocycles. The van der Waals surface area contributed by atoms with Gasteiger partial charge in [0.1, 0.15) is 17.2 Å². The van der Waals surface area contributed by atoms with Crippen LogP contribution in [0, 0.1) is 0 Å². The van der Waals surface area contributed by atoms with Crippen molar-refractivity contribution in [2.75, 3.05) is 5.73 Å². The monoisotopic (exact) mass is 197 g/mol. The molecule has 0 atom stereocenters. The molecular formula is C6H9Cl2NO2. The van der Waals surface area contributed by atoms with E-state index in [0.29, 0.717) is 0 Å². The molecule has 4 N–H and O–H groups in total. The molecule has 5 heteroatoms. The van der Waals surface area contributed by atoms with E-state index in [0.717, 1.165) is 0 Å². The summed E-state index contributed by atoms with van der Waals surface area (Å²) in [5, 5.41) is 17.6. The zero-order valence-corrected chi connectivity index (χ0v) is 7.15. The van der Waals surface area contributed by atoms with Gasteiger partial charge in [-0.15, -0.1) is 24.8 Å². The van der Waals surface area contributed by atoms with Gasteiger partial charge >= 0.3 is 0 Å². The fourth-order valence-electron chi connectivity index (χ4n) is 0.541. The first kappa shape index (κ1) is 12.8. The quantitative estimate of drug-likeness (QED) is 0.437. The number of nitrogen functional groups attached to an aromatic ring is 1. The van der Waals surface area contributed by atoms with E-state index in [4.69, 9.17) is 15.9 Å². The number of anilines is 1. The highest BCUT2D eigenvalue weighted by Gasteiger charge is 1.98. The zero-order chi connectivity index (χ0) is 6.85. The highest BCUT2D eigenvalue weighted by molar-refractivity contribution is 5.85. The van der Waals surface area contributed by atoms with Crippen LogP contribution < -0.4 is 5.73 Å². The van der Waals surface area contributed by atoms with Crippen molar-refractivity contribution in [1.29, 1.82) is 0 Å². The van der Waals surface area contributed by atoms with Crippen LogP contribution >= 0.6 is 24.8 Å². The predicted octanol–water partition coefficient (Wildman–Crippen LogP) is 1.52. The van der Waals surface area contributed by atoms with Gasteiger partial charge in [0.05, 0.1) is 0 Å². The molecule has 1 aromatic carbocycles. The van der Waals surface area contributed by atoms with E-state index in [-0.39, 0.29) is 42.0 Å². The number of hydrogen-bond donors (Lipinski definition) is 3. The van der Waals surface area contributed by atoms with Crippen molar-refractivity contribution < 1.29 is 10.2 Å². The second kappa shape index (κ2) is 4.93. The normalized spacial score (nSPS) is 7.64. The van der Waals surface area contributed by atoms with Crippen molar-refractivity contribution in [3.63, 3.8) is 0 Å². The highest BCUT2D eigenvalue weighted by Crippen LogP contribution is 2.27. The predicted molar refractivity (Wildman–Crippen MR) is 48.7 cm³/mol. The molecule has 0 bridgehead atoms. The van der Waals surface area contributed by atoms with Crippen LogP contribution in [0.25, 0.3) is 0 Å². The fourth-order valence-corrected chi connectivity index (χ4v) is 0.541. The molecule has 0 aliphatic rings. The first-order valence-corrected chi connectivity index (χ1v) is 2.48. The maximum absolute atomic E-state index is 8.82. The second-order valence-electron chi connectivity index (χ2n) is 1.71. The molecule has 64 valence electrons. The summed E-state index contributed by atoms with van der Waals surface area (Å²) in [5.74, 6) is -0.176. The Bertz CT molecular complexity index is 210. The Labute approximate surface area is 76.7 Å². The van der Waals surface area contributed by atoms with Crippen LogP contribution in [0.5, 0.6) is 11.5 Å². The van der Waals surface area contributed by atoms with E-state index in [1.165, 1.54) is 18.2 Å². The fraction of sp³-hybridized carbons (Fsp3) is 0. The van der Waals surface area contributed by atoms with Crippen LogP contribution in [0.3, 0.4) is 0 Å². The van der Waals surface area contributed by atoms with E-state index in [1.807, 2.05) is 0 Å². The van der Waals surface area contributed by atoms with Crippen LogP contribution in [0.4, 0.5) is 5.69 Å². The molecule has 0 fully saturated rings. The van der Waals surface area contributed by atoms with Gasteiger partial charge in [-0.1, -0.05) is 6.07 Å². The van der Waals surface area contributed by atoms with E-state index >= 15 is 0 Å². The molecule has 3 nitrogen and oxygen atoms in total. The molecule has 1 aromatic rings. The molecule has 0 radical (unpaired) electrons. The number of phenols is 2. The van der Waals surface area contributed by atoms with Gasteiger partial charge < -0.3 is 15.9 Å². The summed E-state index contributed by atoms with van der Waals surface area (Å²) < 4.78 is 0. The lowest BCUT2D eigenvalue weighted by atomic mass is 10.3. The highest BCUT2D eigenvalue weighted by atomic mass is 35.5. The smallest absolute Gasteiger partial charge is 0.142 e. The molecule has 0 saturated carbocycles. The maximum atomic E-state index is 8.82. The summed E-state index contributed by atoms with van der Waals surface area (Å²) in [6.45, 7) is 0. The third kappa shape index (κ3) is 2.74. The van der Waals surface area contributed by atoms with E-state index in [9.17, 15) is 0 Å². The molecule has 11 heavy (non-hydrogen) atoms. The lowest BCUT2D eigenvalue weighted by Crippen LogP contribution is -1.84. The third-order valence-corrected chi connectivity index (χ3v) is 1.06. The average molecular weight is 198 g/mol. The van der Waals surface area contributed by atoms with E-state index in [1.54, 1.807) is 0 Å². The minimum absolute atomic E-state index is 0. The molecule has 0 amide bonds. The summed E-state index contributed by atoms with van der Waals surface area (Å²) in [6.07, 6.45) is 0. The Morgan fingerprint density at radius 2 is 1.36 bits per heavy atom. The van der Waals surface area contributed by atoms with Crippen LogP contribution in [-0.4, -0.2) is 10.2 Å². The summed E-state index contributed by atoms with van der Waals surface area (Å²) in [6, 6.07) is 4.34. The molecule has 0 aliphatic carbocycles. The Morgan fingerprint density at radius 3 is 1.64 bits per heavy atom.